The van der Waals surface area contributed by atoms with Crippen molar-refractivity contribution < 1.29 is 14.3 Å². The Morgan fingerprint density at radius 3 is 2.56 bits per heavy atom. The van der Waals surface area contributed by atoms with Gasteiger partial charge in [-0.3, -0.25) is 9.59 Å². The van der Waals surface area contributed by atoms with E-state index in [1.807, 2.05) is 62.4 Å². The Labute approximate surface area is 189 Å². The van der Waals surface area contributed by atoms with Gasteiger partial charge in [-0.1, -0.05) is 37.3 Å². The minimum atomic E-state index is -0.400. The van der Waals surface area contributed by atoms with Gasteiger partial charge in [-0.15, -0.1) is 0 Å². The standard InChI is InChI=1S/C27H30N2O3/c1-4-16-32-20-14-12-19(13-15-20)25-24(27(31)29-21-9-6-5-8-17(21)2)18(3)28-22-10-7-11-23(30)26(22)25/h5-6,8-9,12-15,25,28H,4,7,10-11,16H2,1-3H3,(H,29,31)/t25-/m1/s1. The van der Waals surface area contributed by atoms with Crippen LogP contribution in [0.1, 0.15) is 56.6 Å². The van der Waals surface area contributed by atoms with E-state index in [4.69, 9.17) is 4.74 Å². The van der Waals surface area contributed by atoms with Crippen molar-refractivity contribution in [2.75, 3.05) is 11.9 Å². The van der Waals surface area contributed by atoms with Crippen LogP contribution in [0.3, 0.4) is 0 Å². The van der Waals surface area contributed by atoms with E-state index >= 15 is 0 Å². The number of aryl methyl sites for hydroxylation is 1. The molecule has 0 unspecified atom stereocenters. The van der Waals surface area contributed by atoms with Crippen molar-refractivity contribution >= 4 is 17.4 Å². The summed E-state index contributed by atoms with van der Waals surface area (Å²) in [5, 5.41) is 6.44. The average Bonchev–Trinajstić information content (AvgIpc) is 2.79. The van der Waals surface area contributed by atoms with Gasteiger partial charge in [0.1, 0.15) is 5.75 Å². The molecule has 32 heavy (non-hydrogen) atoms. The van der Waals surface area contributed by atoms with Crippen LogP contribution in [0.5, 0.6) is 5.75 Å². The number of nitrogens with one attached hydrogen (secondary N) is 2. The number of hydrogen-bond donors (Lipinski definition) is 2. The van der Waals surface area contributed by atoms with Gasteiger partial charge in [0.25, 0.3) is 5.91 Å². The van der Waals surface area contributed by atoms with E-state index in [1.165, 1.54) is 0 Å². The third-order valence-corrected chi connectivity index (χ3v) is 6.10. The first kappa shape index (κ1) is 21.9. The van der Waals surface area contributed by atoms with E-state index in [-0.39, 0.29) is 11.7 Å². The highest BCUT2D eigenvalue weighted by molar-refractivity contribution is 6.10. The molecule has 166 valence electrons. The summed E-state index contributed by atoms with van der Waals surface area (Å²) in [6, 6.07) is 15.5. The Morgan fingerprint density at radius 1 is 1.09 bits per heavy atom. The fourth-order valence-corrected chi connectivity index (χ4v) is 4.50. The summed E-state index contributed by atoms with van der Waals surface area (Å²) in [4.78, 5) is 26.6. The van der Waals surface area contributed by atoms with Crippen molar-refractivity contribution in [3.63, 3.8) is 0 Å². The lowest BCUT2D eigenvalue weighted by molar-refractivity contribution is -0.116. The number of Topliss-reactive ketones (excluding diaryl/α,β-unsaturated/α-hetero) is 1. The Morgan fingerprint density at radius 2 is 1.84 bits per heavy atom. The molecule has 2 aromatic carbocycles. The molecule has 1 atom stereocenters. The SMILES string of the molecule is CCCOc1ccc([C@@H]2C(C(=O)Nc3ccccc3C)=C(C)NC3=C2C(=O)CCC3)cc1. The highest BCUT2D eigenvalue weighted by Gasteiger charge is 2.38. The highest BCUT2D eigenvalue weighted by Crippen LogP contribution is 2.42. The van der Waals surface area contributed by atoms with E-state index in [9.17, 15) is 9.59 Å². The predicted octanol–water partition coefficient (Wildman–Crippen LogP) is 5.39. The first-order chi connectivity index (χ1) is 15.5. The van der Waals surface area contributed by atoms with Crippen LogP contribution in [-0.4, -0.2) is 18.3 Å². The molecule has 0 saturated heterocycles. The number of carbonyl (C=O) groups excluding carboxylic acids is 2. The summed E-state index contributed by atoms with van der Waals surface area (Å²) in [6.07, 6.45) is 3.10. The number of ether oxygens (including phenoxy) is 1. The minimum absolute atomic E-state index is 0.115. The second-order valence-corrected chi connectivity index (χ2v) is 8.45. The molecule has 2 N–H and O–H groups in total. The van der Waals surface area contributed by atoms with Crippen LogP contribution < -0.4 is 15.4 Å². The number of hydrogen-bond acceptors (Lipinski definition) is 4. The Balaban J connectivity index is 1.74. The molecule has 1 heterocycles. The number of carbonyl (C=O) groups is 2. The number of para-hydroxylation sites is 1. The van der Waals surface area contributed by atoms with E-state index < -0.39 is 5.92 Å². The number of allylic oxidation sites excluding steroid dienone is 3. The average molecular weight is 431 g/mol. The van der Waals surface area contributed by atoms with Gasteiger partial charge >= 0.3 is 0 Å². The van der Waals surface area contributed by atoms with Crippen LogP contribution >= 0.6 is 0 Å². The largest absolute Gasteiger partial charge is 0.494 e. The lowest BCUT2D eigenvalue weighted by atomic mass is 9.75. The molecule has 5 heteroatoms. The normalized spacial score (nSPS) is 18.2. The van der Waals surface area contributed by atoms with Crippen LogP contribution in [0.15, 0.2) is 71.1 Å². The fraction of sp³-hybridized carbons (Fsp3) is 0.333. The Bertz CT molecular complexity index is 1100. The molecule has 2 aliphatic rings. The smallest absolute Gasteiger partial charge is 0.254 e. The Hall–Kier alpha value is -3.34. The molecule has 1 aliphatic heterocycles. The number of rotatable bonds is 6. The summed E-state index contributed by atoms with van der Waals surface area (Å²) in [6.45, 7) is 6.61. The maximum atomic E-state index is 13.5. The molecule has 1 aliphatic carbocycles. The Kier molecular flexibility index (Phi) is 6.45. The zero-order valence-corrected chi connectivity index (χ0v) is 19.0. The van der Waals surface area contributed by atoms with Crippen LogP contribution in [0.25, 0.3) is 0 Å². The van der Waals surface area contributed by atoms with Crippen molar-refractivity contribution in [3.05, 3.63) is 82.2 Å². The van der Waals surface area contributed by atoms with Crippen LogP contribution in [0.4, 0.5) is 5.69 Å². The minimum Gasteiger partial charge on any atom is -0.494 e. The van der Waals surface area contributed by atoms with Crippen LogP contribution in [0.2, 0.25) is 0 Å². The predicted molar refractivity (Wildman–Crippen MR) is 126 cm³/mol. The molecule has 2 aromatic rings. The lowest BCUT2D eigenvalue weighted by Crippen LogP contribution is -2.35. The molecule has 0 aromatic heterocycles. The van der Waals surface area contributed by atoms with Gasteiger partial charge in [0.2, 0.25) is 0 Å². The van der Waals surface area contributed by atoms with Gasteiger partial charge in [-0.2, -0.15) is 0 Å². The van der Waals surface area contributed by atoms with Crippen LogP contribution in [-0.2, 0) is 9.59 Å². The lowest BCUT2D eigenvalue weighted by Gasteiger charge is -2.34. The van der Waals surface area contributed by atoms with E-state index in [0.717, 1.165) is 58.8 Å². The van der Waals surface area contributed by atoms with Gasteiger partial charge < -0.3 is 15.4 Å². The van der Waals surface area contributed by atoms with Gasteiger partial charge in [-0.25, -0.2) is 0 Å². The molecule has 0 saturated carbocycles. The third-order valence-electron chi connectivity index (χ3n) is 6.10. The van der Waals surface area contributed by atoms with Gasteiger partial charge in [0.05, 0.1) is 6.61 Å². The second-order valence-electron chi connectivity index (χ2n) is 8.45. The van der Waals surface area contributed by atoms with E-state index in [1.54, 1.807) is 0 Å². The monoisotopic (exact) mass is 430 g/mol. The first-order valence-electron chi connectivity index (χ1n) is 11.3. The van der Waals surface area contributed by atoms with Crippen molar-refractivity contribution in [3.8, 4) is 5.75 Å². The molecule has 4 rings (SSSR count). The van der Waals surface area contributed by atoms with Crippen molar-refractivity contribution in [1.82, 2.24) is 5.32 Å². The van der Waals surface area contributed by atoms with Crippen molar-refractivity contribution in [2.45, 2.75) is 52.4 Å². The number of amides is 1. The second kappa shape index (κ2) is 9.43. The molecule has 5 nitrogen and oxygen atoms in total. The number of ketones is 1. The van der Waals surface area contributed by atoms with Crippen LogP contribution in [0, 0.1) is 6.92 Å². The fourth-order valence-electron chi connectivity index (χ4n) is 4.50. The molecule has 0 bridgehead atoms. The summed E-state index contributed by atoms with van der Waals surface area (Å²) in [7, 11) is 0. The number of dihydropyridines is 1. The summed E-state index contributed by atoms with van der Waals surface area (Å²) in [5.41, 5.74) is 5.74. The topological polar surface area (TPSA) is 67.4 Å². The summed E-state index contributed by atoms with van der Waals surface area (Å²) < 4.78 is 5.73. The van der Waals surface area contributed by atoms with Crippen molar-refractivity contribution in [2.24, 2.45) is 0 Å². The first-order valence-corrected chi connectivity index (χ1v) is 11.3. The van der Waals surface area contributed by atoms with Gasteiger partial charge in [-0.05, 0) is 62.4 Å². The van der Waals surface area contributed by atoms with Gasteiger partial charge in [0.15, 0.2) is 5.78 Å². The number of anilines is 1. The molecule has 0 fully saturated rings. The summed E-state index contributed by atoms with van der Waals surface area (Å²) in [5.74, 6) is 0.317. The summed E-state index contributed by atoms with van der Waals surface area (Å²) >= 11 is 0. The van der Waals surface area contributed by atoms with E-state index in [0.29, 0.717) is 18.6 Å². The quantitative estimate of drug-likeness (QED) is 0.645. The third kappa shape index (κ3) is 4.33. The molecular formula is C27H30N2O3. The maximum absolute atomic E-state index is 13.5. The maximum Gasteiger partial charge on any atom is 0.254 e. The van der Waals surface area contributed by atoms with Crippen molar-refractivity contribution in [1.29, 1.82) is 0 Å². The molecule has 1 amide bonds. The zero-order chi connectivity index (χ0) is 22.7. The molecular weight excluding hydrogens is 400 g/mol. The van der Waals surface area contributed by atoms with Gasteiger partial charge in [0, 0.05) is 40.6 Å². The zero-order valence-electron chi connectivity index (χ0n) is 19.0. The molecule has 0 spiro atoms. The van der Waals surface area contributed by atoms with E-state index in [2.05, 4.69) is 17.6 Å². The molecule has 0 radical (unpaired) electrons. The highest BCUT2D eigenvalue weighted by atomic mass is 16.5. The number of benzene rings is 2.